The van der Waals surface area contributed by atoms with Crippen molar-refractivity contribution in [2.45, 2.75) is 5.92 Å². The van der Waals surface area contributed by atoms with E-state index in [1.54, 1.807) is 6.20 Å². The Bertz CT molecular complexity index is 689. The second-order valence-electron chi connectivity index (χ2n) is 4.54. The van der Waals surface area contributed by atoms with Crippen LogP contribution < -0.4 is 5.73 Å². The maximum Gasteiger partial charge on any atom is 0.0955 e. The molecule has 0 amide bonds. The number of aryl methyl sites for hydroxylation is 1. The Hall–Kier alpha value is -2.27. The van der Waals surface area contributed by atoms with Crippen LogP contribution >= 0.6 is 0 Å². The van der Waals surface area contributed by atoms with E-state index in [2.05, 4.69) is 33.4 Å². The van der Waals surface area contributed by atoms with Gasteiger partial charge >= 0.3 is 0 Å². The molecular formula is C14H15N5. The van der Waals surface area contributed by atoms with Crippen LogP contribution in [0.2, 0.25) is 0 Å². The monoisotopic (exact) mass is 253 g/mol. The minimum atomic E-state index is 0.0557. The summed E-state index contributed by atoms with van der Waals surface area (Å²) in [6.45, 7) is 0.497. The second-order valence-corrected chi connectivity index (χ2v) is 4.54. The van der Waals surface area contributed by atoms with Crippen LogP contribution in [0.5, 0.6) is 0 Å². The van der Waals surface area contributed by atoms with E-state index < -0.39 is 0 Å². The molecule has 1 unspecified atom stereocenters. The average Bonchev–Trinajstić information content (AvgIpc) is 2.82. The first-order valence-electron chi connectivity index (χ1n) is 6.18. The van der Waals surface area contributed by atoms with E-state index in [9.17, 15) is 0 Å². The zero-order valence-corrected chi connectivity index (χ0v) is 10.7. The largest absolute Gasteiger partial charge is 0.334 e. The Morgan fingerprint density at radius 2 is 2.21 bits per heavy atom. The summed E-state index contributed by atoms with van der Waals surface area (Å²) in [5, 5.41) is 8.08. The number of fused-ring (bicyclic) bond motifs is 1. The molecule has 0 spiro atoms. The van der Waals surface area contributed by atoms with Gasteiger partial charge in [-0.2, -0.15) is 10.2 Å². The van der Waals surface area contributed by atoms with Crippen molar-refractivity contribution in [1.82, 2.24) is 19.7 Å². The van der Waals surface area contributed by atoms with Gasteiger partial charge in [-0.15, -0.1) is 0 Å². The van der Waals surface area contributed by atoms with E-state index in [-0.39, 0.29) is 5.92 Å². The lowest BCUT2D eigenvalue weighted by atomic mass is 9.95. The summed E-state index contributed by atoms with van der Waals surface area (Å²) in [5.41, 5.74) is 9.99. The van der Waals surface area contributed by atoms with Crippen LogP contribution in [0.15, 0.2) is 42.9 Å². The molecule has 0 aliphatic heterocycles. The van der Waals surface area contributed by atoms with E-state index in [1.165, 1.54) is 0 Å². The molecule has 0 aliphatic carbocycles. The second kappa shape index (κ2) is 4.78. The first-order valence-corrected chi connectivity index (χ1v) is 6.18. The number of aromatic nitrogens is 4. The number of rotatable bonds is 3. The number of hydrogen-bond acceptors (Lipinski definition) is 4. The lowest BCUT2D eigenvalue weighted by Crippen LogP contribution is -2.15. The predicted molar refractivity (Wildman–Crippen MR) is 73.6 cm³/mol. The molecule has 5 nitrogen and oxygen atoms in total. The Morgan fingerprint density at radius 1 is 1.32 bits per heavy atom. The third kappa shape index (κ3) is 2.08. The molecule has 2 aromatic heterocycles. The molecule has 3 aromatic rings. The first kappa shape index (κ1) is 11.8. The summed E-state index contributed by atoms with van der Waals surface area (Å²) in [5.74, 6) is 0.0557. The topological polar surface area (TPSA) is 69.6 Å². The van der Waals surface area contributed by atoms with Gasteiger partial charge in [-0.25, -0.2) is 4.98 Å². The van der Waals surface area contributed by atoms with Gasteiger partial charge in [0.25, 0.3) is 0 Å². The zero-order chi connectivity index (χ0) is 13.2. The van der Waals surface area contributed by atoms with Gasteiger partial charge in [0.2, 0.25) is 0 Å². The van der Waals surface area contributed by atoms with Crippen molar-refractivity contribution in [1.29, 1.82) is 0 Å². The molecule has 1 aromatic carbocycles. The number of nitrogens with two attached hydrogens (primary N) is 1. The number of nitrogens with zero attached hydrogens (tertiary/aromatic N) is 4. The van der Waals surface area contributed by atoms with Crippen LogP contribution in [0.25, 0.3) is 11.0 Å². The third-order valence-corrected chi connectivity index (χ3v) is 3.34. The van der Waals surface area contributed by atoms with Crippen LogP contribution in [-0.2, 0) is 7.05 Å². The molecule has 0 saturated heterocycles. The maximum absolute atomic E-state index is 5.89. The third-order valence-electron chi connectivity index (χ3n) is 3.34. The van der Waals surface area contributed by atoms with Crippen LogP contribution in [0.3, 0.4) is 0 Å². The first-order chi connectivity index (χ1) is 9.29. The van der Waals surface area contributed by atoms with E-state index in [4.69, 9.17) is 5.73 Å². The molecule has 2 N–H and O–H groups in total. The molecule has 19 heavy (non-hydrogen) atoms. The summed E-state index contributed by atoms with van der Waals surface area (Å²) in [7, 11) is 1.98. The molecule has 3 rings (SSSR count). The highest BCUT2D eigenvalue weighted by atomic mass is 15.1. The van der Waals surface area contributed by atoms with Gasteiger partial charge in [-0.05, 0) is 29.8 Å². The fourth-order valence-corrected chi connectivity index (χ4v) is 2.30. The summed E-state index contributed by atoms with van der Waals surface area (Å²) in [6, 6.07) is 10.0. The van der Waals surface area contributed by atoms with Crippen molar-refractivity contribution in [3.8, 4) is 0 Å². The van der Waals surface area contributed by atoms with Crippen molar-refractivity contribution < 1.29 is 0 Å². The van der Waals surface area contributed by atoms with Crippen LogP contribution in [0, 0.1) is 0 Å². The molecule has 0 radical (unpaired) electrons. The smallest absolute Gasteiger partial charge is 0.0955 e. The molecule has 5 heteroatoms. The highest BCUT2D eigenvalue weighted by Gasteiger charge is 2.15. The quantitative estimate of drug-likeness (QED) is 0.767. The molecule has 0 saturated carbocycles. The van der Waals surface area contributed by atoms with Crippen LogP contribution in [-0.4, -0.2) is 26.3 Å². The van der Waals surface area contributed by atoms with Gasteiger partial charge in [0, 0.05) is 25.7 Å². The average molecular weight is 253 g/mol. The van der Waals surface area contributed by atoms with E-state index in [1.807, 2.05) is 30.1 Å². The molecular weight excluding hydrogens is 238 g/mol. The highest BCUT2D eigenvalue weighted by molar-refractivity contribution is 5.76. The van der Waals surface area contributed by atoms with Crippen LogP contribution in [0.1, 0.15) is 17.2 Å². The Balaban J connectivity index is 2.06. The van der Waals surface area contributed by atoms with Crippen molar-refractivity contribution in [2.24, 2.45) is 12.8 Å². The number of hydrogen-bond donors (Lipinski definition) is 1. The fourth-order valence-electron chi connectivity index (χ4n) is 2.30. The summed E-state index contributed by atoms with van der Waals surface area (Å²) < 4.78 is 2.00. The van der Waals surface area contributed by atoms with E-state index in [0.29, 0.717) is 6.54 Å². The minimum Gasteiger partial charge on any atom is -0.334 e. The van der Waals surface area contributed by atoms with Gasteiger partial charge in [0.05, 0.1) is 23.1 Å². The van der Waals surface area contributed by atoms with Gasteiger partial charge < -0.3 is 10.3 Å². The van der Waals surface area contributed by atoms with Gasteiger partial charge in [0.15, 0.2) is 0 Å². The number of benzene rings is 1. The van der Waals surface area contributed by atoms with Crippen molar-refractivity contribution in [3.05, 3.63) is 54.1 Å². The molecule has 0 fully saturated rings. The maximum atomic E-state index is 5.89. The Morgan fingerprint density at radius 3 is 2.95 bits per heavy atom. The van der Waals surface area contributed by atoms with E-state index in [0.717, 1.165) is 22.3 Å². The van der Waals surface area contributed by atoms with Crippen molar-refractivity contribution in [2.75, 3.05) is 6.54 Å². The molecule has 1 atom stereocenters. The fraction of sp³-hybridized carbons (Fsp3) is 0.214. The molecule has 2 heterocycles. The van der Waals surface area contributed by atoms with Crippen molar-refractivity contribution in [3.63, 3.8) is 0 Å². The predicted octanol–water partition coefficient (Wildman–Crippen LogP) is 1.45. The summed E-state index contributed by atoms with van der Waals surface area (Å²) in [4.78, 5) is 4.38. The van der Waals surface area contributed by atoms with Gasteiger partial charge in [-0.1, -0.05) is 6.07 Å². The lowest BCUT2D eigenvalue weighted by molar-refractivity contribution is 0.761. The van der Waals surface area contributed by atoms with Gasteiger partial charge in [-0.3, -0.25) is 0 Å². The molecule has 96 valence electrons. The Kier molecular flexibility index (Phi) is 2.97. The summed E-state index contributed by atoms with van der Waals surface area (Å²) in [6.07, 6.45) is 3.48. The standard InChI is InChI=1S/C14H15N5/c1-19-9-16-13-7-10(4-5-14(13)19)11(8-15)12-3-2-6-17-18-12/h2-7,9,11H,8,15H2,1H3. The molecule has 0 aliphatic rings. The normalized spacial score (nSPS) is 12.7. The Labute approximate surface area is 111 Å². The zero-order valence-electron chi connectivity index (χ0n) is 10.7. The molecule has 0 bridgehead atoms. The van der Waals surface area contributed by atoms with E-state index >= 15 is 0 Å². The lowest BCUT2D eigenvalue weighted by Gasteiger charge is -2.14. The van der Waals surface area contributed by atoms with Crippen LogP contribution in [0.4, 0.5) is 0 Å². The minimum absolute atomic E-state index is 0.0557. The highest BCUT2D eigenvalue weighted by Crippen LogP contribution is 2.24. The van der Waals surface area contributed by atoms with Gasteiger partial charge in [0.1, 0.15) is 0 Å². The summed E-state index contributed by atoms with van der Waals surface area (Å²) >= 11 is 0. The SMILES string of the molecule is Cn1cnc2cc(C(CN)c3cccnn3)ccc21. The van der Waals surface area contributed by atoms with Crippen molar-refractivity contribution >= 4 is 11.0 Å². The number of imidazole rings is 1.